The molecule has 26 heavy (non-hydrogen) atoms. The molecule has 1 aliphatic heterocycles. The van der Waals surface area contributed by atoms with E-state index in [-0.39, 0.29) is 6.10 Å². The van der Waals surface area contributed by atoms with Crippen molar-refractivity contribution in [2.45, 2.75) is 37.7 Å². The number of para-hydroxylation sites is 1. The molecular weight excluding hydrogens is 330 g/mol. The number of rotatable bonds is 6. The third-order valence-corrected chi connectivity index (χ3v) is 5.10. The van der Waals surface area contributed by atoms with Gasteiger partial charge in [-0.05, 0) is 25.0 Å². The zero-order valence-electron chi connectivity index (χ0n) is 15.4. The van der Waals surface area contributed by atoms with Crippen molar-refractivity contribution in [1.82, 2.24) is 9.97 Å². The van der Waals surface area contributed by atoms with Crippen molar-refractivity contribution in [2.75, 3.05) is 32.2 Å². The number of anilines is 1. The van der Waals surface area contributed by atoms with Gasteiger partial charge in [0.25, 0.3) is 0 Å². The van der Waals surface area contributed by atoms with Crippen molar-refractivity contribution in [3.8, 4) is 17.2 Å². The number of hydrogen-bond donors (Lipinski definition) is 0. The lowest BCUT2D eigenvalue weighted by atomic mass is 10.1. The highest BCUT2D eigenvalue weighted by Gasteiger charge is 2.27. The third-order valence-electron chi connectivity index (χ3n) is 5.10. The Hall–Kier alpha value is -2.50. The second-order valence-electron chi connectivity index (χ2n) is 6.87. The maximum atomic E-state index is 6.25. The molecule has 1 aromatic carbocycles. The average molecular weight is 355 g/mol. The summed E-state index contributed by atoms with van der Waals surface area (Å²) in [4.78, 5) is 11.2. The lowest BCUT2D eigenvalue weighted by Crippen LogP contribution is -2.38. The van der Waals surface area contributed by atoms with Crippen LogP contribution in [-0.4, -0.2) is 43.4 Å². The molecule has 0 atom stereocenters. The summed E-state index contributed by atoms with van der Waals surface area (Å²) in [5.41, 5.74) is 1.19. The van der Waals surface area contributed by atoms with Crippen molar-refractivity contribution < 1.29 is 14.2 Å². The van der Waals surface area contributed by atoms with Crippen LogP contribution in [0.2, 0.25) is 0 Å². The molecule has 6 nitrogen and oxygen atoms in total. The largest absolute Gasteiger partial charge is 0.493 e. The summed E-state index contributed by atoms with van der Waals surface area (Å²) in [6.45, 7) is 1.84. The van der Waals surface area contributed by atoms with Gasteiger partial charge in [0.05, 0.1) is 14.2 Å². The fraction of sp³-hybridized carbons (Fsp3) is 0.500. The van der Waals surface area contributed by atoms with Crippen LogP contribution in [0.1, 0.15) is 37.3 Å². The Balaban J connectivity index is 1.40. The molecule has 1 aromatic heterocycles. The first-order valence-corrected chi connectivity index (χ1v) is 9.23. The van der Waals surface area contributed by atoms with Gasteiger partial charge in [-0.3, -0.25) is 0 Å². The highest BCUT2D eigenvalue weighted by atomic mass is 16.5. The summed E-state index contributed by atoms with van der Waals surface area (Å²) in [7, 11) is 3.30. The molecule has 1 saturated heterocycles. The molecule has 6 heteroatoms. The van der Waals surface area contributed by atoms with E-state index in [9.17, 15) is 0 Å². The van der Waals surface area contributed by atoms with E-state index in [1.54, 1.807) is 20.5 Å². The van der Waals surface area contributed by atoms with E-state index < -0.39 is 0 Å². The summed E-state index contributed by atoms with van der Waals surface area (Å²) >= 11 is 0. The van der Waals surface area contributed by atoms with E-state index in [4.69, 9.17) is 14.2 Å². The number of methoxy groups -OCH3 is 2. The molecule has 0 unspecified atom stereocenters. The molecule has 1 aliphatic carbocycles. The Labute approximate surface area is 154 Å². The molecule has 0 spiro atoms. The van der Waals surface area contributed by atoms with E-state index >= 15 is 0 Å². The van der Waals surface area contributed by atoms with Gasteiger partial charge >= 0.3 is 0 Å². The zero-order chi connectivity index (χ0) is 17.9. The van der Waals surface area contributed by atoms with Crippen LogP contribution in [0.5, 0.6) is 17.2 Å². The first kappa shape index (κ1) is 16.9. The normalized spacial score (nSPS) is 17.8. The minimum atomic E-state index is 0.140. The molecular formula is C20H25N3O3. The molecule has 2 aromatic rings. The predicted octanol–water partition coefficient (Wildman–Crippen LogP) is 3.42. The predicted molar refractivity (Wildman–Crippen MR) is 99.4 cm³/mol. The Morgan fingerprint density at radius 3 is 2.27 bits per heavy atom. The van der Waals surface area contributed by atoms with Gasteiger partial charge in [-0.2, -0.15) is 0 Å². The fourth-order valence-electron chi connectivity index (χ4n) is 3.44. The molecule has 2 aliphatic rings. The van der Waals surface area contributed by atoms with Gasteiger partial charge in [0.2, 0.25) is 5.75 Å². The van der Waals surface area contributed by atoms with Crippen molar-refractivity contribution in [2.24, 2.45) is 0 Å². The van der Waals surface area contributed by atoms with Gasteiger partial charge in [-0.1, -0.05) is 6.07 Å². The van der Waals surface area contributed by atoms with Gasteiger partial charge in [-0.15, -0.1) is 0 Å². The third kappa shape index (κ3) is 3.54. The summed E-state index contributed by atoms with van der Waals surface area (Å²) in [6, 6.07) is 7.85. The summed E-state index contributed by atoms with van der Waals surface area (Å²) in [6.07, 6.45) is 6.22. The Bertz CT molecular complexity index is 733. The second kappa shape index (κ2) is 7.40. The fourth-order valence-corrected chi connectivity index (χ4v) is 3.44. The number of hydrogen-bond acceptors (Lipinski definition) is 6. The van der Waals surface area contributed by atoms with Gasteiger partial charge in [-0.25, -0.2) is 9.97 Å². The van der Waals surface area contributed by atoms with E-state index in [0.29, 0.717) is 23.2 Å². The standard InChI is InChI=1S/C20H25N3O3/c1-24-17-4-3-5-18(25-2)20(17)26-15-8-10-23(11-9-15)19-12-16(14-6-7-14)21-13-22-19/h3-5,12-15H,6-11H2,1-2H3. The van der Waals surface area contributed by atoms with Crippen LogP contribution >= 0.6 is 0 Å². The van der Waals surface area contributed by atoms with Gasteiger partial charge < -0.3 is 19.1 Å². The van der Waals surface area contributed by atoms with Gasteiger partial charge in [0.15, 0.2) is 11.5 Å². The maximum absolute atomic E-state index is 6.25. The highest BCUT2D eigenvalue weighted by molar-refractivity contribution is 5.51. The van der Waals surface area contributed by atoms with Crippen LogP contribution in [0, 0.1) is 0 Å². The minimum Gasteiger partial charge on any atom is -0.493 e. The topological polar surface area (TPSA) is 56.7 Å². The smallest absolute Gasteiger partial charge is 0.203 e. The van der Waals surface area contributed by atoms with E-state index in [1.165, 1.54) is 18.5 Å². The summed E-state index contributed by atoms with van der Waals surface area (Å²) in [5.74, 6) is 3.79. The lowest BCUT2D eigenvalue weighted by molar-refractivity contribution is 0.158. The molecule has 2 heterocycles. The van der Waals surface area contributed by atoms with E-state index in [1.807, 2.05) is 18.2 Å². The molecule has 4 rings (SSSR count). The number of nitrogens with zero attached hydrogens (tertiary/aromatic N) is 3. The van der Waals surface area contributed by atoms with Crippen molar-refractivity contribution >= 4 is 5.82 Å². The minimum absolute atomic E-state index is 0.140. The van der Waals surface area contributed by atoms with Crippen molar-refractivity contribution in [1.29, 1.82) is 0 Å². The maximum Gasteiger partial charge on any atom is 0.203 e. The highest BCUT2D eigenvalue weighted by Crippen LogP contribution is 2.40. The average Bonchev–Trinajstić information content (AvgIpc) is 3.54. The summed E-state index contributed by atoms with van der Waals surface area (Å²) < 4.78 is 17.1. The number of piperidine rings is 1. The number of benzene rings is 1. The molecule has 0 bridgehead atoms. The molecule has 0 N–H and O–H groups in total. The Kier molecular flexibility index (Phi) is 4.82. The van der Waals surface area contributed by atoms with Crippen LogP contribution in [-0.2, 0) is 0 Å². The molecule has 0 amide bonds. The van der Waals surface area contributed by atoms with Gasteiger partial charge in [0, 0.05) is 43.6 Å². The molecule has 2 fully saturated rings. The van der Waals surface area contributed by atoms with E-state index in [0.717, 1.165) is 31.7 Å². The zero-order valence-corrected chi connectivity index (χ0v) is 15.4. The number of ether oxygens (including phenoxy) is 3. The number of aromatic nitrogens is 2. The first-order valence-electron chi connectivity index (χ1n) is 9.23. The van der Waals surface area contributed by atoms with E-state index in [2.05, 4.69) is 20.9 Å². The summed E-state index contributed by atoms with van der Waals surface area (Å²) in [5, 5.41) is 0. The van der Waals surface area contributed by atoms with Crippen LogP contribution in [0.4, 0.5) is 5.82 Å². The Morgan fingerprint density at radius 1 is 0.962 bits per heavy atom. The van der Waals surface area contributed by atoms with Crippen LogP contribution < -0.4 is 19.1 Å². The second-order valence-corrected chi connectivity index (χ2v) is 6.87. The lowest BCUT2D eigenvalue weighted by Gasteiger charge is -2.33. The van der Waals surface area contributed by atoms with Crippen LogP contribution in [0.3, 0.4) is 0 Å². The van der Waals surface area contributed by atoms with Crippen LogP contribution in [0.15, 0.2) is 30.6 Å². The first-order chi connectivity index (χ1) is 12.8. The van der Waals surface area contributed by atoms with Crippen molar-refractivity contribution in [3.05, 3.63) is 36.3 Å². The van der Waals surface area contributed by atoms with Crippen LogP contribution in [0.25, 0.3) is 0 Å². The van der Waals surface area contributed by atoms with Gasteiger partial charge in [0.1, 0.15) is 18.2 Å². The molecule has 1 saturated carbocycles. The quantitative estimate of drug-likeness (QED) is 0.791. The molecule has 0 radical (unpaired) electrons. The monoisotopic (exact) mass is 355 g/mol. The SMILES string of the molecule is COc1cccc(OC)c1OC1CCN(c2cc(C3CC3)ncn2)CC1. The molecule has 138 valence electrons. The Morgan fingerprint density at radius 2 is 1.65 bits per heavy atom. The van der Waals surface area contributed by atoms with Crippen molar-refractivity contribution in [3.63, 3.8) is 0 Å².